The molecule has 0 spiro atoms. The Hall–Kier alpha value is -3.14. The van der Waals surface area contributed by atoms with Crippen LogP contribution in [0, 0.1) is 6.92 Å². The van der Waals surface area contributed by atoms with Gasteiger partial charge in [-0.2, -0.15) is 0 Å². The van der Waals surface area contributed by atoms with Gasteiger partial charge < -0.3 is 10.1 Å². The monoisotopic (exact) mass is 303 g/mol. The molecule has 0 unspecified atom stereocenters. The second-order valence-electron chi connectivity index (χ2n) is 5.60. The quantitative estimate of drug-likeness (QED) is 0.558. The van der Waals surface area contributed by atoms with Crippen molar-refractivity contribution in [2.75, 3.05) is 0 Å². The Kier molecular flexibility index (Phi) is 2.75. The van der Waals surface area contributed by atoms with Crippen molar-refractivity contribution in [2.45, 2.75) is 6.92 Å². The van der Waals surface area contributed by atoms with Crippen LogP contribution in [0.25, 0.3) is 16.7 Å². The lowest BCUT2D eigenvalue weighted by atomic mass is 9.98. The van der Waals surface area contributed by atoms with E-state index >= 15 is 0 Å². The molecule has 0 saturated heterocycles. The van der Waals surface area contributed by atoms with Gasteiger partial charge in [0.05, 0.1) is 5.56 Å². The molecule has 0 amide bonds. The van der Waals surface area contributed by atoms with Crippen LogP contribution in [0.15, 0.2) is 54.1 Å². The Bertz CT molecular complexity index is 1020. The van der Waals surface area contributed by atoms with E-state index in [4.69, 9.17) is 0 Å². The van der Waals surface area contributed by atoms with Crippen molar-refractivity contribution < 1.29 is 14.7 Å². The lowest BCUT2D eigenvalue weighted by Crippen LogP contribution is -2.12. The third-order valence-corrected chi connectivity index (χ3v) is 4.24. The standard InChI is InChI=1S/C19H13NO3/c1-10-15(13-8-4-5-9-14(13)20-10)19(23)16-17(21)11-6-2-3-7-12(11)18(16)22/h2-9,20-21H,1H3. The van der Waals surface area contributed by atoms with Gasteiger partial charge in [-0.15, -0.1) is 0 Å². The van der Waals surface area contributed by atoms with Crippen LogP contribution in [-0.2, 0) is 0 Å². The number of hydrogen-bond donors (Lipinski definition) is 2. The van der Waals surface area contributed by atoms with Crippen LogP contribution in [0.3, 0.4) is 0 Å². The molecule has 4 rings (SSSR count). The Morgan fingerprint density at radius 2 is 1.65 bits per heavy atom. The molecule has 3 aromatic rings. The number of aryl methyl sites for hydroxylation is 1. The minimum Gasteiger partial charge on any atom is -0.506 e. The summed E-state index contributed by atoms with van der Waals surface area (Å²) in [5, 5.41) is 11.1. The van der Waals surface area contributed by atoms with E-state index in [1.165, 1.54) is 0 Å². The molecule has 0 atom stereocenters. The summed E-state index contributed by atoms with van der Waals surface area (Å²) in [4.78, 5) is 28.7. The van der Waals surface area contributed by atoms with E-state index in [1.54, 1.807) is 31.2 Å². The molecular weight excluding hydrogens is 290 g/mol. The van der Waals surface area contributed by atoms with Crippen molar-refractivity contribution in [3.63, 3.8) is 0 Å². The molecule has 1 aliphatic rings. The van der Waals surface area contributed by atoms with Gasteiger partial charge in [0.15, 0.2) is 0 Å². The van der Waals surface area contributed by atoms with Gasteiger partial charge in [-0.1, -0.05) is 42.5 Å². The van der Waals surface area contributed by atoms with E-state index in [1.807, 2.05) is 24.3 Å². The highest BCUT2D eigenvalue weighted by molar-refractivity contribution is 6.39. The van der Waals surface area contributed by atoms with Gasteiger partial charge in [-0.05, 0) is 13.0 Å². The fourth-order valence-corrected chi connectivity index (χ4v) is 3.17. The zero-order valence-corrected chi connectivity index (χ0v) is 12.4. The predicted octanol–water partition coefficient (Wildman–Crippen LogP) is 3.82. The Morgan fingerprint density at radius 3 is 2.39 bits per heavy atom. The largest absolute Gasteiger partial charge is 0.506 e. The van der Waals surface area contributed by atoms with Crippen LogP contribution in [0.2, 0.25) is 0 Å². The van der Waals surface area contributed by atoms with Crippen LogP contribution in [0.5, 0.6) is 0 Å². The summed E-state index contributed by atoms with van der Waals surface area (Å²) in [5.41, 5.74) is 2.57. The number of Topliss-reactive ketones (excluding diaryl/α,β-unsaturated/α-hetero) is 2. The summed E-state index contributed by atoms with van der Waals surface area (Å²) in [7, 11) is 0. The highest BCUT2D eigenvalue weighted by Gasteiger charge is 2.35. The maximum absolute atomic E-state index is 13.0. The average Bonchev–Trinajstić information content (AvgIpc) is 3.02. The Morgan fingerprint density at radius 1 is 1.00 bits per heavy atom. The van der Waals surface area contributed by atoms with Gasteiger partial charge in [0.25, 0.3) is 0 Å². The minimum absolute atomic E-state index is 0.154. The summed E-state index contributed by atoms with van der Waals surface area (Å²) in [6.07, 6.45) is 0. The van der Waals surface area contributed by atoms with Crippen LogP contribution < -0.4 is 0 Å². The molecule has 2 N–H and O–H groups in total. The number of fused-ring (bicyclic) bond motifs is 2. The number of hydrogen-bond acceptors (Lipinski definition) is 3. The number of allylic oxidation sites excluding steroid dienone is 1. The fraction of sp³-hybridized carbons (Fsp3) is 0.0526. The van der Waals surface area contributed by atoms with Crippen molar-refractivity contribution >= 4 is 28.2 Å². The van der Waals surface area contributed by atoms with E-state index in [2.05, 4.69) is 4.98 Å². The Balaban J connectivity index is 1.92. The number of carbonyl (C=O) groups excluding carboxylic acids is 2. The molecule has 0 aliphatic heterocycles. The lowest BCUT2D eigenvalue weighted by Gasteiger charge is -2.02. The lowest BCUT2D eigenvalue weighted by molar-refractivity contribution is 0.0966. The number of aromatic amines is 1. The van der Waals surface area contributed by atoms with Gasteiger partial charge in [0.1, 0.15) is 11.3 Å². The summed E-state index contributed by atoms with van der Waals surface area (Å²) in [6, 6.07) is 14.1. The second-order valence-corrected chi connectivity index (χ2v) is 5.60. The highest BCUT2D eigenvalue weighted by Crippen LogP contribution is 2.34. The van der Waals surface area contributed by atoms with Crippen molar-refractivity contribution in [3.05, 3.63) is 76.5 Å². The maximum atomic E-state index is 13.0. The molecule has 0 saturated carbocycles. The first-order valence-electron chi connectivity index (χ1n) is 7.29. The molecule has 4 heteroatoms. The molecule has 1 aliphatic carbocycles. The van der Waals surface area contributed by atoms with Crippen molar-refractivity contribution in [3.8, 4) is 0 Å². The number of rotatable bonds is 2. The smallest absolute Gasteiger partial charge is 0.203 e. The fourth-order valence-electron chi connectivity index (χ4n) is 3.17. The number of aliphatic hydroxyl groups is 1. The third-order valence-electron chi connectivity index (χ3n) is 4.24. The normalized spacial score (nSPS) is 13.7. The van der Waals surface area contributed by atoms with Crippen LogP contribution in [-0.4, -0.2) is 21.7 Å². The molecule has 0 radical (unpaired) electrons. The number of aliphatic hydroxyl groups excluding tert-OH is 1. The number of ketones is 2. The molecule has 0 fully saturated rings. The van der Waals surface area contributed by atoms with E-state index in [9.17, 15) is 14.7 Å². The van der Waals surface area contributed by atoms with E-state index in [0.717, 1.165) is 10.9 Å². The molecule has 1 heterocycles. The average molecular weight is 303 g/mol. The number of aromatic nitrogens is 1. The molecule has 1 aromatic heterocycles. The molecule has 23 heavy (non-hydrogen) atoms. The van der Waals surface area contributed by atoms with E-state index < -0.39 is 11.6 Å². The maximum Gasteiger partial charge on any atom is 0.203 e. The first-order chi connectivity index (χ1) is 11.1. The van der Waals surface area contributed by atoms with Crippen molar-refractivity contribution in [2.24, 2.45) is 0 Å². The topological polar surface area (TPSA) is 70.2 Å². The van der Waals surface area contributed by atoms with Gasteiger partial charge in [0.2, 0.25) is 11.6 Å². The summed E-state index contributed by atoms with van der Waals surface area (Å²) in [5.74, 6) is -1.10. The van der Waals surface area contributed by atoms with Crippen LogP contribution in [0.1, 0.15) is 32.0 Å². The number of nitrogens with one attached hydrogen (secondary N) is 1. The van der Waals surface area contributed by atoms with Gasteiger partial charge >= 0.3 is 0 Å². The predicted molar refractivity (Wildman–Crippen MR) is 87.7 cm³/mol. The summed E-state index contributed by atoms with van der Waals surface area (Å²) in [6.45, 7) is 1.79. The molecule has 2 aromatic carbocycles. The number of para-hydroxylation sites is 1. The van der Waals surface area contributed by atoms with Gasteiger partial charge in [-0.25, -0.2) is 0 Å². The number of benzene rings is 2. The molecule has 0 bridgehead atoms. The van der Waals surface area contributed by atoms with E-state index in [-0.39, 0.29) is 11.3 Å². The first kappa shape index (κ1) is 13.5. The molecular formula is C19H13NO3. The number of H-pyrrole nitrogens is 1. The molecule has 4 nitrogen and oxygen atoms in total. The van der Waals surface area contributed by atoms with Crippen molar-refractivity contribution in [1.82, 2.24) is 4.98 Å². The minimum atomic E-state index is -0.446. The number of carbonyl (C=O) groups is 2. The summed E-state index contributed by atoms with van der Waals surface area (Å²) < 4.78 is 0. The van der Waals surface area contributed by atoms with Crippen LogP contribution >= 0.6 is 0 Å². The van der Waals surface area contributed by atoms with E-state index in [0.29, 0.717) is 22.4 Å². The molecule has 112 valence electrons. The zero-order valence-electron chi connectivity index (χ0n) is 12.4. The van der Waals surface area contributed by atoms with Crippen LogP contribution in [0.4, 0.5) is 0 Å². The third kappa shape index (κ3) is 1.78. The van der Waals surface area contributed by atoms with Crippen molar-refractivity contribution in [1.29, 1.82) is 0 Å². The van der Waals surface area contributed by atoms with Gasteiger partial charge in [0, 0.05) is 27.7 Å². The zero-order chi connectivity index (χ0) is 16.1. The highest BCUT2D eigenvalue weighted by atomic mass is 16.3. The van der Waals surface area contributed by atoms with Gasteiger partial charge in [-0.3, -0.25) is 9.59 Å². The summed E-state index contributed by atoms with van der Waals surface area (Å²) >= 11 is 0. The SMILES string of the molecule is Cc1[nH]c2ccccc2c1C(=O)C1=C(O)c2ccccc2C1=O. The second kappa shape index (κ2) is 4.68. The first-order valence-corrected chi connectivity index (χ1v) is 7.29. The Labute approximate surface area is 132 Å².